The second-order valence-electron chi connectivity index (χ2n) is 6.16. The number of sulfonamides is 1. The first kappa shape index (κ1) is 20.7. The summed E-state index contributed by atoms with van der Waals surface area (Å²) in [5.41, 5.74) is 0.961. The van der Waals surface area contributed by atoms with E-state index in [4.69, 9.17) is 23.2 Å². The molecule has 2 aromatic carbocycles. The lowest BCUT2D eigenvalue weighted by molar-refractivity contribution is 0.0940. The average Bonchev–Trinajstić information content (AvgIpc) is 2.54. The number of benzene rings is 2. The Hall–Kier alpha value is -1.60. The highest BCUT2D eigenvalue weighted by atomic mass is 35.5. The zero-order chi connectivity index (χ0) is 19.5. The van der Waals surface area contributed by atoms with Gasteiger partial charge >= 0.3 is 0 Å². The van der Waals surface area contributed by atoms with Gasteiger partial charge in [-0.15, -0.1) is 0 Å². The SMILES string of the molecule is CC(C)NS(=O)(=O)c1ccc(Cl)c(C(=O)NC(C)c2ccc(Cl)cc2)c1. The van der Waals surface area contributed by atoms with Crippen LogP contribution in [0.25, 0.3) is 0 Å². The molecule has 1 amide bonds. The molecule has 1 atom stereocenters. The summed E-state index contributed by atoms with van der Waals surface area (Å²) in [4.78, 5) is 12.6. The van der Waals surface area contributed by atoms with Crippen molar-refractivity contribution in [3.8, 4) is 0 Å². The molecule has 0 fully saturated rings. The van der Waals surface area contributed by atoms with Crippen LogP contribution in [0.3, 0.4) is 0 Å². The molecule has 2 aromatic rings. The van der Waals surface area contributed by atoms with Crippen molar-refractivity contribution in [2.24, 2.45) is 0 Å². The Bertz CT molecular complexity index is 897. The largest absolute Gasteiger partial charge is 0.345 e. The first-order valence-corrected chi connectivity index (χ1v) is 10.2. The smallest absolute Gasteiger partial charge is 0.253 e. The predicted molar refractivity (Wildman–Crippen MR) is 104 cm³/mol. The van der Waals surface area contributed by atoms with Gasteiger partial charge in [-0.25, -0.2) is 13.1 Å². The topological polar surface area (TPSA) is 75.3 Å². The molecule has 5 nitrogen and oxygen atoms in total. The molecule has 0 bridgehead atoms. The van der Waals surface area contributed by atoms with Crippen LogP contribution in [0, 0.1) is 0 Å². The molecular weight excluding hydrogens is 395 g/mol. The molecule has 0 aliphatic rings. The number of carbonyl (C=O) groups is 1. The van der Waals surface area contributed by atoms with Crippen molar-refractivity contribution in [1.29, 1.82) is 0 Å². The van der Waals surface area contributed by atoms with Gasteiger partial charge in [-0.1, -0.05) is 35.3 Å². The fourth-order valence-electron chi connectivity index (χ4n) is 2.33. The maximum absolute atomic E-state index is 12.6. The molecule has 2 rings (SSSR count). The Morgan fingerprint density at radius 2 is 1.62 bits per heavy atom. The summed E-state index contributed by atoms with van der Waals surface area (Å²) in [5.74, 6) is -0.459. The van der Waals surface area contributed by atoms with E-state index in [1.165, 1.54) is 18.2 Å². The van der Waals surface area contributed by atoms with Gasteiger partial charge in [0.2, 0.25) is 10.0 Å². The predicted octanol–water partition coefficient (Wildman–Crippen LogP) is 4.17. The number of halogens is 2. The normalized spacial score (nSPS) is 12.8. The van der Waals surface area contributed by atoms with Crippen molar-refractivity contribution >= 4 is 39.1 Å². The van der Waals surface area contributed by atoms with E-state index >= 15 is 0 Å². The van der Waals surface area contributed by atoms with Gasteiger partial charge < -0.3 is 5.32 Å². The maximum atomic E-state index is 12.6. The second-order valence-corrected chi connectivity index (χ2v) is 8.72. The Morgan fingerprint density at radius 3 is 2.19 bits per heavy atom. The van der Waals surface area contributed by atoms with Gasteiger partial charge in [-0.3, -0.25) is 4.79 Å². The molecule has 0 saturated carbocycles. The molecule has 2 N–H and O–H groups in total. The summed E-state index contributed by atoms with van der Waals surface area (Å²) < 4.78 is 27.1. The summed E-state index contributed by atoms with van der Waals surface area (Å²) in [6.07, 6.45) is 0. The molecule has 26 heavy (non-hydrogen) atoms. The summed E-state index contributed by atoms with van der Waals surface area (Å²) >= 11 is 12.0. The van der Waals surface area contributed by atoms with Crippen LogP contribution in [0.15, 0.2) is 47.4 Å². The highest BCUT2D eigenvalue weighted by Crippen LogP contribution is 2.22. The van der Waals surface area contributed by atoms with Crippen LogP contribution in [0.4, 0.5) is 0 Å². The van der Waals surface area contributed by atoms with Crippen LogP contribution in [-0.2, 0) is 10.0 Å². The summed E-state index contributed by atoms with van der Waals surface area (Å²) in [7, 11) is -3.72. The number of rotatable bonds is 6. The fourth-order valence-corrected chi connectivity index (χ4v) is 3.94. The van der Waals surface area contributed by atoms with Gasteiger partial charge in [0.1, 0.15) is 0 Å². The van der Waals surface area contributed by atoms with E-state index in [9.17, 15) is 13.2 Å². The van der Waals surface area contributed by atoms with Gasteiger partial charge in [0.05, 0.1) is 21.5 Å². The van der Waals surface area contributed by atoms with Crippen LogP contribution in [0.1, 0.15) is 42.7 Å². The molecule has 0 aromatic heterocycles. The standard InChI is InChI=1S/C18H20Cl2N2O3S/c1-11(2)22-26(24,25)15-8-9-17(20)16(10-15)18(23)21-12(3)13-4-6-14(19)7-5-13/h4-12,22H,1-3H3,(H,21,23). The lowest BCUT2D eigenvalue weighted by Gasteiger charge is -2.16. The molecule has 140 valence electrons. The molecule has 0 heterocycles. The zero-order valence-electron chi connectivity index (χ0n) is 14.6. The Kier molecular flexibility index (Phi) is 6.69. The van der Waals surface area contributed by atoms with Crippen molar-refractivity contribution in [2.75, 3.05) is 0 Å². The second kappa shape index (κ2) is 8.39. The summed E-state index contributed by atoms with van der Waals surface area (Å²) in [6.45, 7) is 5.25. The fraction of sp³-hybridized carbons (Fsp3) is 0.278. The third-order valence-corrected chi connectivity index (χ3v) is 5.84. The van der Waals surface area contributed by atoms with Gasteiger partial charge in [0, 0.05) is 11.1 Å². The lowest BCUT2D eigenvalue weighted by Crippen LogP contribution is -2.31. The minimum absolute atomic E-state index is 0.0140. The van der Waals surface area contributed by atoms with E-state index in [2.05, 4.69) is 10.0 Å². The van der Waals surface area contributed by atoms with E-state index in [1.807, 2.05) is 19.1 Å². The van der Waals surface area contributed by atoms with Crippen molar-refractivity contribution in [2.45, 2.75) is 37.8 Å². The molecule has 8 heteroatoms. The third kappa shape index (κ3) is 5.20. The van der Waals surface area contributed by atoms with Crippen molar-refractivity contribution < 1.29 is 13.2 Å². The minimum Gasteiger partial charge on any atom is -0.345 e. The average molecular weight is 415 g/mol. The van der Waals surface area contributed by atoms with Crippen LogP contribution in [0.5, 0.6) is 0 Å². The van der Waals surface area contributed by atoms with Crippen molar-refractivity contribution in [1.82, 2.24) is 10.0 Å². The zero-order valence-corrected chi connectivity index (χ0v) is 16.9. The van der Waals surface area contributed by atoms with E-state index in [0.717, 1.165) is 5.56 Å². The highest BCUT2D eigenvalue weighted by molar-refractivity contribution is 7.89. The van der Waals surface area contributed by atoms with Crippen molar-refractivity contribution in [3.63, 3.8) is 0 Å². The van der Waals surface area contributed by atoms with Gasteiger partial charge in [0.15, 0.2) is 0 Å². The van der Waals surface area contributed by atoms with Crippen LogP contribution in [0.2, 0.25) is 10.0 Å². The Balaban J connectivity index is 2.25. The van der Waals surface area contributed by atoms with E-state index in [1.54, 1.807) is 26.0 Å². The van der Waals surface area contributed by atoms with E-state index in [-0.39, 0.29) is 27.6 Å². The number of hydrogen-bond acceptors (Lipinski definition) is 3. The first-order valence-electron chi connectivity index (χ1n) is 7.98. The van der Waals surface area contributed by atoms with Gasteiger partial charge in [-0.05, 0) is 56.7 Å². The Labute approximate surface area is 163 Å². The number of nitrogens with one attached hydrogen (secondary N) is 2. The molecule has 0 aliphatic carbocycles. The first-order chi connectivity index (χ1) is 12.1. The molecule has 0 saturated heterocycles. The Morgan fingerprint density at radius 1 is 1.00 bits per heavy atom. The van der Waals surface area contributed by atoms with Gasteiger partial charge in [0.25, 0.3) is 5.91 Å². The van der Waals surface area contributed by atoms with Gasteiger partial charge in [-0.2, -0.15) is 0 Å². The molecule has 0 radical (unpaired) electrons. The lowest BCUT2D eigenvalue weighted by atomic mass is 10.1. The summed E-state index contributed by atoms with van der Waals surface area (Å²) in [6, 6.07) is 10.6. The minimum atomic E-state index is -3.72. The van der Waals surface area contributed by atoms with E-state index < -0.39 is 15.9 Å². The van der Waals surface area contributed by atoms with Crippen LogP contribution < -0.4 is 10.0 Å². The molecule has 0 aliphatic heterocycles. The highest BCUT2D eigenvalue weighted by Gasteiger charge is 2.20. The molecule has 1 unspecified atom stereocenters. The van der Waals surface area contributed by atoms with E-state index in [0.29, 0.717) is 5.02 Å². The number of carbonyl (C=O) groups excluding carboxylic acids is 1. The van der Waals surface area contributed by atoms with Crippen LogP contribution in [-0.4, -0.2) is 20.4 Å². The number of amides is 1. The summed E-state index contributed by atoms with van der Waals surface area (Å²) in [5, 5.41) is 3.59. The third-order valence-electron chi connectivity index (χ3n) is 3.60. The monoisotopic (exact) mass is 414 g/mol. The molecule has 0 spiro atoms. The van der Waals surface area contributed by atoms with Crippen molar-refractivity contribution in [3.05, 3.63) is 63.6 Å². The van der Waals surface area contributed by atoms with Crippen LogP contribution >= 0.6 is 23.2 Å². The number of hydrogen-bond donors (Lipinski definition) is 2. The maximum Gasteiger partial charge on any atom is 0.253 e. The quantitative estimate of drug-likeness (QED) is 0.744. The molecular formula is C18H20Cl2N2O3S.